The molecule has 1 aliphatic rings. The number of halogens is 1. The molecule has 0 atom stereocenters. The summed E-state index contributed by atoms with van der Waals surface area (Å²) in [5.74, 6) is -0.574. The van der Waals surface area contributed by atoms with Gasteiger partial charge in [-0.25, -0.2) is 13.2 Å². The van der Waals surface area contributed by atoms with Gasteiger partial charge in [0.25, 0.3) is 0 Å². The summed E-state index contributed by atoms with van der Waals surface area (Å²) in [5.41, 5.74) is 0.180. The molecule has 0 unspecified atom stereocenters. The summed E-state index contributed by atoms with van der Waals surface area (Å²) in [7, 11) is -0.960. The Balaban J connectivity index is 1.76. The van der Waals surface area contributed by atoms with Crippen molar-refractivity contribution in [3.63, 3.8) is 0 Å². The number of esters is 1. The van der Waals surface area contributed by atoms with Crippen molar-refractivity contribution < 1.29 is 32.2 Å². The molecule has 32 heavy (non-hydrogen) atoms. The average molecular weight is 482 g/mol. The molecule has 0 saturated carbocycles. The van der Waals surface area contributed by atoms with Crippen molar-refractivity contribution in [3.05, 3.63) is 52.5 Å². The van der Waals surface area contributed by atoms with Crippen LogP contribution in [0.3, 0.4) is 0 Å². The van der Waals surface area contributed by atoms with E-state index in [0.717, 1.165) is 19.3 Å². The monoisotopic (exact) mass is 481 g/mol. The van der Waals surface area contributed by atoms with Crippen molar-refractivity contribution in [2.75, 3.05) is 33.9 Å². The minimum absolute atomic E-state index is 0.0179. The lowest BCUT2D eigenvalue weighted by atomic mass is 10.1. The molecule has 0 aromatic heterocycles. The number of ether oxygens (including phenoxy) is 3. The van der Waals surface area contributed by atoms with Crippen LogP contribution >= 0.6 is 11.6 Å². The Hall–Kier alpha value is -2.62. The zero-order valence-corrected chi connectivity index (χ0v) is 19.4. The Morgan fingerprint density at radius 2 is 1.72 bits per heavy atom. The summed E-state index contributed by atoms with van der Waals surface area (Å²) in [5, 5.41) is 0.0179. The van der Waals surface area contributed by atoms with E-state index in [-0.39, 0.29) is 21.0 Å². The van der Waals surface area contributed by atoms with E-state index in [2.05, 4.69) is 0 Å². The van der Waals surface area contributed by atoms with Crippen LogP contribution in [0, 0.1) is 0 Å². The molecule has 0 spiro atoms. The SMILES string of the molecule is COc1ccc(OC)c(C(=O)COC(=O)c2ccc(Cl)c(S(=O)(=O)N3CCCCC3)c2)c1. The molecule has 1 heterocycles. The van der Waals surface area contributed by atoms with Crippen LogP contribution in [0.1, 0.15) is 40.0 Å². The van der Waals surface area contributed by atoms with Gasteiger partial charge in [0.15, 0.2) is 6.61 Å². The first-order valence-electron chi connectivity index (χ1n) is 10.00. The summed E-state index contributed by atoms with van der Waals surface area (Å²) in [6.07, 6.45) is 2.51. The minimum atomic E-state index is -3.84. The lowest BCUT2D eigenvalue weighted by Crippen LogP contribution is -2.35. The molecule has 1 aliphatic heterocycles. The van der Waals surface area contributed by atoms with E-state index in [4.69, 9.17) is 25.8 Å². The second-order valence-electron chi connectivity index (χ2n) is 7.18. The maximum Gasteiger partial charge on any atom is 0.338 e. The van der Waals surface area contributed by atoms with Gasteiger partial charge in [0.2, 0.25) is 15.8 Å². The highest BCUT2D eigenvalue weighted by atomic mass is 35.5. The van der Waals surface area contributed by atoms with Crippen LogP contribution in [-0.4, -0.2) is 58.4 Å². The first-order valence-corrected chi connectivity index (χ1v) is 11.8. The number of hydrogen-bond donors (Lipinski definition) is 0. The normalized spacial score (nSPS) is 14.6. The van der Waals surface area contributed by atoms with Gasteiger partial charge >= 0.3 is 5.97 Å². The third-order valence-electron chi connectivity index (χ3n) is 5.14. The fourth-order valence-electron chi connectivity index (χ4n) is 3.40. The van der Waals surface area contributed by atoms with Gasteiger partial charge in [0.05, 0.1) is 30.4 Å². The Labute approximate surface area is 192 Å². The first-order chi connectivity index (χ1) is 15.3. The van der Waals surface area contributed by atoms with Gasteiger partial charge in [-0.3, -0.25) is 4.79 Å². The first kappa shape index (κ1) is 24.0. The molecule has 0 radical (unpaired) electrons. The third kappa shape index (κ3) is 5.23. The fourth-order valence-corrected chi connectivity index (χ4v) is 5.41. The van der Waals surface area contributed by atoms with E-state index < -0.39 is 28.4 Å². The largest absolute Gasteiger partial charge is 0.497 e. The van der Waals surface area contributed by atoms with Gasteiger partial charge in [-0.1, -0.05) is 18.0 Å². The van der Waals surface area contributed by atoms with Crippen LogP contribution in [0.5, 0.6) is 11.5 Å². The lowest BCUT2D eigenvalue weighted by Gasteiger charge is -2.26. The number of hydrogen-bond acceptors (Lipinski definition) is 7. The lowest BCUT2D eigenvalue weighted by molar-refractivity contribution is 0.0473. The van der Waals surface area contributed by atoms with E-state index >= 15 is 0 Å². The predicted molar refractivity (Wildman–Crippen MR) is 118 cm³/mol. The summed E-state index contributed by atoms with van der Waals surface area (Å²) in [6, 6.07) is 8.58. The molecule has 3 rings (SSSR count). The molecule has 0 aliphatic carbocycles. The Kier molecular flexibility index (Phi) is 7.76. The molecule has 10 heteroatoms. The number of carbonyl (C=O) groups excluding carboxylic acids is 2. The van der Waals surface area contributed by atoms with E-state index in [0.29, 0.717) is 24.6 Å². The average Bonchev–Trinajstić information content (AvgIpc) is 2.82. The maximum atomic E-state index is 13.0. The van der Waals surface area contributed by atoms with Crippen LogP contribution in [0.15, 0.2) is 41.3 Å². The van der Waals surface area contributed by atoms with Crippen molar-refractivity contribution in [2.45, 2.75) is 24.2 Å². The number of methoxy groups -OCH3 is 2. The Morgan fingerprint density at radius 1 is 1.00 bits per heavy atom. The van der Waals surface area contributed by atoms with Gasteiger partial charge < -0.3 is 14.2 Å². The molecular weight excluding hydrogens is 458 g/mol. The maximum absolute atomic E-state index is 13.0. The predicted octanol–water partition coefficient (Wildman–Crippen LogP) is 3.57. The second-order valence-corrected chi connectivity index (χ2v) is 9.49. The van der Waals surface area contributed by atoms with Crippen molar-refractivity contribution in [2.24, 2.45) is 0 Å². The molecule has 0 N–H and O–H groups in total. The van der Waals surface area contributed by atoms with E-state index in [1.807, 2.05) is 0 Å². The summed E-state index contributed by atoms with van der Waals surface area (Å²) < 4.78 is 42.7. The number of ketones is 1. The standard InChI is InChI=1S/C22H24ClNO7S/c1-29-16-7-9-20(30-2)17(13-16)19(25)14-31-22(26)15-6-8-18(23)21(12-15)32(27,28)24-10-4-3-5-11-24/h6-9,12-13H,3-5,10-11,14H2,1-2H3. The number of rotatable bonds is 8. The van der Waals surface area contributed by atoms with Gasteiger partial charge in [0.1, 0.15) is 16.4 Å². The van der Waals surface area contributed by atoms with E-state index in [1.54, 1.807) is 12.1 Å². The third-order valence-corrected chi connectivity index (χ3v) is 7.52. The Bertz CT molecular complexity index is 1110. The van der Waals surface area contributed by atoms with Gasteiger partial charge in [-0.05, 0) is 49.2 Å². The van der Waals surface area contributed by atoms with Crippen molar-refractivity contribution in [3.8, 4) is 11.5 Å². The molecule has 172 valence electrons. The molecule has 1 saturated heterocycles. The number of carbonyl (C=O) groups is 2. The highest BCUT2D eigenvalue weighted by molar-refractivity contribution is 7.89. The topological polar surface area (TPSA) is 99.2 Å². The molecule has 2 aromatic carbocycles. The van der Waals surface area contributed by atoms with Gasteiger partial charge in [-0.15, -0.1) is 0 Å². The Morgan fingerprint density at radius 3 is 2.38 bits per heavy atom. The number of benzene rings is 2. The fraction of sp³-hybridized carbons (Fsp3) is 0.364. The zero-order valence-electron chi connectivity index (χ0n) is 17.8. The quantitative estimate of drug-likeness (QED) is 0.419. The van der Waals surface area contributed by atoms with E-state index in [1.165, 1.54) is 42.8 Å². The molecule has 0 bridgehead atoms. The summed E-state index contributed by atoms with van der Waals surface area (Å²) in [6.45, 7) is 0.258. The van der Waals surface area contributed by atoms with Crippen LogP contribution in [0.2, 0.25) is 5.02 Å². The molecule has 8 nitrogen and oxygen atoms in total. The van der Waals surface area contributed by atoms with Gasteiger partial charge in [0, 0.05) is 13.1 Å². The van der Waals surface area contributed by atoms with Crippen molar-refractivity contribution in [1.82, 2.24) is 4.31 Å². The molecule has 2 aromatic rings. The molecular formula is C22H24ClNO7S. The minimum Gasteiger partial charge on any atom is -0.497 e. The van der Waals surface area contributed by atoms with Gasteiger partial charge in [-0.2, -0.15) is 4.31 Å². The molecule has 0 amide bonds. The summed E-state index contributed by atoms with van der Waals surface area (Å²) >= 11 is 6.14. The number of sulfonamides is 1. The van der Waals surface area contributed by atoms with Crippen molar-refractivity contribution >= 4 is 33.4 Å². The summed E-state index contributed by atoms with van der Waals surface area (Å²) in [4.78, 5) is 25.0. The number of piperidine rings is 1. The van der Waals surface area contributed by atoms with Crippen LogP contribution < -0.4 is 9.47 Å². The number of Topliss-reactive ketones (excluding diaryl/α,β-unsaturated/α-hetero) is 1. The zero-order chi connectivity index (χ0) is 23.3. The number of nitrogens with zero attached hydrogens (tertiary/aromatic N) is 1. The van der Waals surface area contributed by atoms with E-state index in [9.17, 15) is 18.0 Å². The highest BCUT2D eigenvalue weighted by Crippen LogP contribution is 2.28. The smallest absolute Gasteiger partial charge is 0.338 e. The van der Waals surface area contributed by atoms with Crippen molar-refractivity contribution in [1.29, 1.82) is 0 Å². The van der Waals surface area contributed by atoms with Crippen LogP contribution in [0.25, 0.3) is 0 Å². The molecule has 1 fully saturated rings. The highest BCUT2D eigenvalue weighted by Gasteiger charge is 2.29. The van der Waals surface area contributed by atoms with Crippen LogP contribution in [-0.2, 0) is 14.8 Å². The van der Waals surface area contributed by atoms with Crippen LogP contribution in [0.4, 0.5) is 0 Å². The second kappa shape index (κ2) is 10.3.